The first kappa shape index (κ1) is 27.6. The summed E-state index contributed by atoms with van der Waals surface area (Å²) in [5, 5.41) is 17.9. The van der Waals surface area contributed by atoms with Gasteiger partial charge < -0.3 is 0 Å². The summed E-state index contributed by atoms with van der Waals surface area (Å²) in [7, 11) is 0. The van der Waals surface area contributed by atoms with E-state index < -0.39 is 41.8 Å². The van der Waals surface area contributed by atoms with Gasteiger partial charge in [-0.3, -0.25) is 0 Å². The number of carboxylic acids is 1. The average Bonchev–Trinajstić information content (AvgIpc) is 2.74. The first-order valence-electron chi connectivity index (χ1n) is 10.5. The fourth-order valence-corrected chi connectivity index (χ4v) is 3.97. The van der Waals surface area contributed by atoms with Crippen LogP contribution in [0.1, 0.15) is 32.3 Å². The normalized spacial score (nSPS) is 13.7. The summed E-state index contributed by atoms with van der Waals surface area (Å²) in [6.07, 6.45) is 1.01. The zero-order valence-corrected chi connectivity index (χ0v) is 20.5. The molecule has 6 N–H and O–H groups in total. The number of nitrogens with one attached hydrogen (secondary N) is 3. The van der Waals surface area contributed by atoms with Gasteiger partial charge in [0, 0.05) is 0 Å². The molecule has 1 rings (SSSR count). The van der Waals surface area contributed by atoms with Crippen molar-refractivity contribution in [3.05, 3.63) is 35.9 Å². The number of carboxylic acid groups (broad SMARTS) is 1. The number of hydrogen-bond donors (Lipinski definition) is 5. The molecule has 32 heavy (non-hydrogen) atoms. The Bertz CT molecular complexity index is 760. The average molecular weight is 513 g/mol. The summed E-state index contributed by atoms with van der Waals surface area (Å²) >= 11 is 0.275. The fraction of sp³-hybridized carbons (Fsp3) is 0.545. The number of hydrogen-bond acceptors (Lipinski definition) is 5. The number of rotatable bonds is 14. The van der Waals surface area contributed by atoms with E-state index in [9.17, 15) is 24.3 Å². The van der Waals surface area contributed by atoms with Crippen molar-refractivity contribution in [1.82, 2.24) is 16.0 Å². The summed E-state index contributed by atoms with van der Waals surface area (Å²) in [6.45, 7) is 3.58. The third-order valence-corrected chi connectivity index (χ3v) is 6.00. The summed E-state index contributed by atoms with van der Waals surface area (Å²) < 4.78 is 0. The molecular formula is C22H34N4O5Se. The van der Waals surface area contributed by atoms with Crippen LogP contribution in [0, 0.1) is 5.92 Å². The van der Waals surface area contributed by atoms with Crippen molar-refractivity contribution in [2.75, 3.05) is 6.54 Å². The third-order valence-electron chi connectivity index (χ3n) is 4.64. The second-order valence-corrected chi connectivity index (χ2v) is 10.0. The molecule has 0 fully saturated rings. The van der Waals surface area contributed by atoms with Gasteiger partial charge in [-0.15, -0.1) is 0 Å². The molecule has 10 heteroatoms. The van der Waals surface area contributed by atoms with E-state index in [1.165, 1.54) is 0 Å². The van der Waals surface area contributed by atoms with Crippen LogP contribution in [0.25, 0.3) is 0 Å². The van der Waals surface area contributed by atoms with E-state index in [-0.39, 0.29) is 33.8 Å². The van der Waals surface area contributed by atoms with Gasteiger partial charge in [0.2, 0.25) is 0 Å². The molecule has 0 bridgehead atoms. The van der Waals surface area contributed by atoms with Crippen molar-refractivity contribution in [2.24, 2.45) is 11.7 Å². The van der Waals surface area contributed by atoms with Crippen molar-refractivity contribution in [1.29, 1.82) is 0 Å². The zero-order valence-electron chi connectivity index (χ0n) is 18.8. The monoisotopic (exact) mass is 514 g/mol. The Balaban J connectivity index is 2.70. The molecule has 0 saturated carbocycles. The first-order valence-corrected chi connectivity index (χ1v) is 13.4. The van der Waals surface area contributed by atoms with Gasteiger partial charge in [0.1, 0.15) is 0 Å². The third kappa shape index (κ3) is 10.7. The van der Waals surface area contributed by atoms with E-state index in [0.717, 1.165) is 10.9 Å². The molecule has 1 aromatic rings. The van der Waals surface area contributed by atoms with Gasteiger partial charge in [0.05, 0.1) is 0 Å². The first-order chi connectivity index (χ1) is 15.1. The Morgan fingerprint density at radius 2 is 1.69 bits per heavy atom. The Morgan fingerprint density at radius 3 is 2.25 bits per heavy atom. The minimum atomic E-state index is -1.15. The predicted molar refractivity (Wildman–Crippen MR) is 123 cm³/mol. The van der Waals surface area contributed by atoms with E-state index in [0.29, 0.717) is 12.8 Å². The quantitative estimate of drug-likeness (QED) is 0.226. The number of nitrogens with two attached hydrogens (primary N) is 1. The van der Waals surface area contributed by atoms with Crippen LogP contribution in [0.5, 0.6) is 0 Å². The second kappa shape index (κ2) is 14.6. The number of benzene rings is 1. The maximum atomic E-state index is 12.8. The fourth-order valence-electron chi connectivity index (χ4n) is 2.99. The van der Waals surface area contributed by atoms with Crippen LogP contribution < -0.4 is 21.7 Å². The molecule has 3 atom stereocenters. The van der Waals surface area contributed by atoms with Crippen molar-refractivity contribution < 1.29 is 24.3 Å². The van der Waals surface area contributed by atoms with Crippen LogP contribution in [0.2, 0.25) is 11.1 Å². The predicted octanol–water partition coefficient (Wildman–Crippen LogP) is 0.334. The molecule has 0 aliphatic heterocycles. The maximum absolute atomic E-state index is 12.8. The van der Waals surface area contributed by atoms with Crippen LogP contribution in [-0.4, -0.2) is 68.4 Å². The minimum absolute atomic E-state index is 0.129. The van der Waals surface area contributed by atoms with Crippen molar-refractivity contribution in [3.8, 4) is 0 Å². The van der Waals surface area contributed by atoms with Crippen LogP contribution >= 0.6 is 0 Å². The SMILES string of the molecule is C[Se]CC[C@H](NC(=O)CNC(=O)[C@@H](N)CC(C)C)C(=O)N[C@@H](Cc1ccccc1)C(=O)O. The van der Waals surface area contributed by atoms with E-state index in [1.54, 1.807) is 24.3 Å². The van der Waals surface area contributed by atoms with Gasteiger partial charge in [0.15, 0.2) is 0 Å². The Hall–Kier alpha value is -2.42. The molecule has 0 aliphatic rings. The van der Waals surface area contributed by atoms with Crippen LogP contribution in [0.3, 0.4) is 0 Å². The number of aliphatic carboxylic acids is 1. The van der Waals surface area contributed by atoms with Gasteiger partial charge in [-0.1, -0.05) is 0 Å². The molecule has 178 valence electrons. The van der Waals surface area contributed by atoms with Gasteiger partial charge in [-0.05, 0) is 0 Å². The Morgan fingerprint density at radius 1 is 1.03 bits per heavy atom. The van der Waals surface area contributed by atoms with Crippen LogP contribution in [0.15, 0.2) is 30.3 Å². The van der Waals surface area contributed by atoms with Gasteiger partial charge in [-0.2, -0.15) is 0 Å². The Kier molecular flexibility index (Phi) is 12.6. The topological polar surface area (TPSA) is 151 Å². The number of carbonyl (C=O) groups is 4. The molecule has 1 aromatic carbocycles. The van der Waals surface area contributed by atoms with Gasteiger partial charge >= 0.3 is 195 Å². The van der Waals surface area contributed by atoms with E-state index in [2.05, 4.69) is 16.0 Å². The number of amides is 3. The summed E-state index contributed by atoms with van der Waals surface area (Å²) in [6, 6.07) is 6.27. The summed E-state index contributed by atoms with van der Waals surface area (Å²) in [4.78, 5) is 48.8. The molecular weight excluding hydrogens is 479 g/mol. The number of carbonyl (C=O) groups excluding carboxylic acids is 3. The van der Waals surface area contributed by atoms with Crippen molar-refractivity contribution in [3.63, 3.8) is 0 Å². The summed E-state index contributed by atoms with van der Waals surface area (Å²) in [5.74, 6) is -0.427. The standard InChI is InChI=1S/C22H34N4O5Se/c1-14(2)11-16(23)20(28)24-13-19(27)25-17(9-10-32-3)21(29)26-18(22(30)31)12-15-7-5-4-6-8-15/h4-8,14,16-18H,9-13,23H2,1-3H3,(H,24,28)(H,25,27)(H,26,29)(H,30,31)/t16-,17-,18-/m0/s1. The molecule has 9 nitrogen and oxygen atoms in total. The molecule has 0 aromatic heterocycles. The molecule has 0 spiro atoms. The van der Waals surface area contributed by atoms with E-state index >= 15 is 0 Å². The molecule has 0 saturated heterocycles. The van der Waals surface area contributed by atoms with E-state index in [4.69, 9.17) is 5.73 Å². The van der Waals surface area contributed by atoms with Crippen LogP contribution in [-0.2, 0) is 25.6 Å². The molecule has 0 aliphatic carbocycles. The molecule has 0 heterocycles. The van der Waals surface area contributed by atoms with Gasteiger partial charge in [0.25, 0.3) is 0 Å². The molecule has 0 radical (unpaired) electrons. The Labute approximate surface area is 195 Å². The summed E-state index contributed by atoms with van der Waals surface area (Å²) in [5.41, 5.74) is 6.58. The second-order valence-electron chi connectivity index (χ2n) is 7.94. The molecule has 3 amide bonds. The van der Waals surface area contributed by atoms with Crippen molar-refractivity contribution >= 4 is 38.6 Å². The zero-order chi connectivity index (χ0) is 24.1. The van der Waals surface area contributed by atoms with Crippen molar-refractivity contribution in [2.45, 2.75) is 62.4 Å². The van der Waals surface area contributed by atoms with Crippen LogP contribution in [0.4, 0.5) is 0 Å². The van der Waals surface area contributed by atoms with Gasteiger partial charge in [-0.25, -0.2) is 0 Å². The van der Waals surface area contributed by atoms with E-state index in [1.807, 2.05) is 25.7 Å². The molecule has 0 unspecified atom stereocenters.